The van der Waals surface area contributed by atoms with Gasteiger partial charge >= 0.3 is 12.0 Å². The van der Waals surface area contributed by atoms with E-state index in [1.54, 1.807) is 12.1 Å². The minimum absolute atomic E-state index is 0.107. The molecule has 0 spiro atoms. The molecule has 1 aliphatic carbocycles. The molecule has 1 N–H and O–H groups in total. The molecule has 2 heterocycles. The van der Waals surface area contributed by atoms with Gasteiger partial charge in [0.2, 0.25) is 0 Å². The molecule has 0 atom stereocenters. The first kappa shape index (κ1) is 15.0. The highest BCUT2D eigenvalue weighted by molar-refractivity contribution is 5.95. The van der Waals surface area contributed by atoms with E-state index >= 15 is 0 Å². The van der Waals surface area contributed by atoms with Crippen LogP contribution in [0.25, 0.3) is 0 Å². The number of hydrogen-bond donors (Lipinski definition) is 1. The monoisotopic (exact) mass is 333 g/mol. The number of benzene rings is 1. The number of halogens is 3. The first-order valence-corrected chi connectivity index (χ1v) is 7.60. The third kappa shape index (κ3) is 2.31. The van der Waals surface area contributed by atoms with Crippen molar-refractivity contribution in [3.05, 3.63) is 59.7 Å². The minimum Gasteiger partial charge on any atom is -0.328 e. The lowest BCUT2D eigenvalue weighted by molar-refractivity contribution is 0.0108. The lowest BCUT2D eigenvalue weighted by Gasteiger charge is -2.23. The van der Waals surface area contributed by atoms with E-state index in [0.29, 0.717) is 18.4 Å². The number of nitrogens with one attached hydrogen (secondary N) is 1. The summed E-state index contributed by atoms with van der Waals surface area (Å²) in [6, 6.07) is 8.32. The molecule has 1 saturated carbocycles. The number of aromatic nitrogens is 1. The molecular formula is C17H14F3N3O. The quantitative estimate of drug-likeness (QED) is 0.914. The van der Waals surface area contributed by atoms with E-state index in [4.69, 9.17) is 0 Å². The summed E-state index contributed by atoms with van der Waals surface area (Å²) < 4.78 is 41.5. The average Bonchev–Trinajstić information content (AvgIpc) is 3.28. The van der Waals surface area contributed by atoms with E-state index in [9.17, 15) is 18.0 Å². The summed E-state index contributed by atoms with van der Waals surface area (Å²) in [5.41, 5.74) is -0.321. The molecule has 2 aliphatic rings. The predicted octanol–water partition coefficient (Wildman–Crippen LogP) is 3.53. The van der Waals surface area contributed by atoms with Crippen molar-refractivity contribution in [3.8, 4) is 0 Å². The van der Waals surface area contributed by atoms with Gasteiger partial charge in [0.1, 0.15) is 11.5 Å². The number of pyridine rings is 1. The first-order chi connectivity index (χ1) is 11.4. The lowest BCUT2D eigenvalue weighted by Crippen LogP contribution is -2.45. The maximum atomic E-state index is 14.0. The van der Waals surface area contributed by atoms with Crippen LogP contribution in [0, 0.1) is 5.82 Å². The lowest BCUT2D eigenvalue weighted by atomic mass is 10.1. The summed E-state index contributed by atoms with van der Waals surface area (Å²) in [5, 5.41) is 2.79. The van der Waals surface area contributed by atoms with Crippen LogP contribution in [0.15, 0.2) is 42.6 Å². The summed E-state index contributed by atoms with van der Waals surface area (Å²) in [7, 11) is 0. The van der Waals surface area contributed by atoms with Gasteiger partial charge in [0.05, 0.1) is 17.8 Å². The molecule has 0 radical (unpaired) electrons. The Labute approximate surface area is 136 Å². The van der Waals surface area contributed by atoms with Crippen LogP contribution < -0.4 is 10.2 Å². The molecule has 0 bridgehead atoms. The number of nitrogens with zero attached hydrogens (tertiary/aromatic N) is 2. The van der Waals surface area contributed by atoms with Gasteiger partial charge in [-0.3, -0.25) is 9.88 Å². The van der Waals surface area contributed by atoms with Crippen LogP contribution in [0.3, 0.4) is 0 Å². The Balaban J connectivity index is 1.60. The summed E-state index contributed by atoms with van der Waals surface area (Å²) in [6.07, 6.45) is 2.57. The smallest absolute Gasteiger partial charge is 0.322 e. The fourth-order valence-corrected chi connectivity index (χ4v) is 3.11. The standard InChI is InChI=1S/C17H14F3N3O/c18-12-4-1-3-11(9-12)16(6-7-16)22-15(24)23-10-17(19,20)14-13(23)5-2-8-21-14/h1-5,8-9H,6-7,10H2,(H,22,24). The van der Waals surface area contributed by atoms with Crippen molar-refractivity contribution in [2.75, 3.05) is 11.4 Å². The van der Waals surface area contributed by atoms with Crippen LogP contribution >= 0.6 is 0 Å². The summed E-state index contributed by atoms with van der Waals surface area (Å²) in [5.74, 6) is -3.57. The Morgan fingerprint density at radius 3 is 2.71 bits per heavy atom. The number of carbonyl (C=O) groups excluding carboxylic acids is 1. The van der Waals surface area contributed by atoms with Crippen molar-refractivity contribution in [2.24, 2.45) is 0 Å². The van der Waals surface area contributed by atoms with Crippen molar-refractivity contribution in [3.63, 3.8) is 0 Å². The molecular weight excluding hydrogens is 319 g/mol. The maximum absolute atomic E-state index is 14.0. The second-order valence-corrected chi connectivity index (χ2v) is 6.18. The summed E-state index contributed by atoms with van der Waals surface area (Å²) in [6.45, 7) is -0.746. The van der Waals surface area contributed by atoms with Crippen molar-refractivity contribution < 1.29 is 18.0 Å². The van der Waals surface area contributed by atoms with E-state index in [0.717, 1.165) is 4.90 Å². The van der Waals surface area contributed by atoms with Crippen molar-refractivity contribution in [2.45, 2.75) is 24.3 Å². The number of anilines is 1. The zero-order valence-electron chi connectivity index (χ0n) is 12.6. The number of fused-ring (bicyclic) bond motifs is 1. The molecule has 0 saturated heterocycles. The SMILES string of the molecule is O=C(NC1(c2cccc(F)c2)CC1)N1CC(F)(F)c2ncccc21. The zero-order chi connectivity index (χ0) is 16.9. The summed E-state index contributed by atoms with van der Waals surface area (Å²) >= 11 is 0. The molecule has 2 aromatic rings. The van der Waals surface area contributed by atoms with E-state index in [1.807, 2.05) is 0 Å². The Bertz CT molecular complexity index is 820. The normalized spacial score (nSPS) is 19.7. The van der Waals surface area contributed by atoms with E-state index in [2.05, 4.69) is 10.3 Å². The predicted molar refractivity (Wildman–Crippen MR) is 81.3 cm³/mol. The van der Waals surface area contributed by atoms with E-state index in [1.165, 1.54) is 30.5 Å². The largest absolute Gasteiger partial charge is 0.328 e. The molecule has 7 heteroatoms. The van der Waals surface area contributed by atoms with Crippen molar-refractivity contribution in [1.29, 1.82) is 0 Å². The Hall–Kier alpha value is -2.57. The molecule has 4 rings (SSSR count). The first-order valence-electron chi connectivity index (χ1n) is 7.60. The number of rotatable bonds is 2. The Kier molecular flexibility index (Phi) is 3.10. The molecule has 1 fully saturated rings. The Morgan fingerprint density at radius 2 is 2.00 bits per heavy atom. The van der Waals surface area contributed by atoms with Crippen LogP contribution in [0.4, 0.5) is 23.7 Å². The molecule has 24 heavy (non-hydrogen) atoms. The highest BCUT2D eigenvalue weighted by atomic mass is 19.3. The van der Waals surface area contributed by atoms with Crippen molar-refractivity contribution in [1.82, 2.24) is 10.3 Å². The van der Waals surface area contributed by atoms with Gasteiger partial charge in [0, 0.05) is 6.20 Å². The fraction of sp³-hybridized carbons (Fsp3) is 0.294. The van der Waals surface area contributed by atoms with Gasteiger partial charge in [-0.2, -0.15) is 8.78 Å². The highest BCUT2D eigenvalue weighted by Gasteiger charge is 2.51. The maximum Gasteiger partial charge on any atom is 0.322 e. The second kappa shape index (κ2) is 4.96. The van der Waals surface area contributed by atoms with Gasteiger partial charge in [-0.25, -0.2) is 9.18 Å². The molecule has 124 valence electrons. The van der Waals surface area contributed by atoms with Crippen molar-refractivity contribution >= 4 is 11.7 Å². The summed E-state index contributed by atoms with van der Waals surface area (Å²) in [4.78, 5) is 17.3. The number of urea groups is 1. The van der Waals surface area contributed by atoms with Crippen LogP contribution in [-0.4, -0.2) is 17.6 Å². The number of alkyl halides is 2. The van der Waals surface area contributed by atoms with E-state index < -0.39 is 35.5 Å². The van der Waals surface area contributed by atoms with Crippen LogP contribution in [-0.2, 0) is 11.5 Å². The van der Waals surface area contributed by atoms with Crippen LogP contribution in [0.1, 0.15) is 24.1 Å². The Morgan fingerprint density at radius 1 is 1.21 bits per heavy atom. The molecule has 1 aliphatic heterocycles. The third-order valence-electron chi connectivity index (χ3n) is 4.50. The third-order valence-corrected chi connectivity index (χ3v) is 4.50. The van der Waals surface area contributed by atoms with Gasteiger partial charge in [0.25, 0.3) is 0 Å². The molecule has 1 aromatic carbocycles. The molecule has 0 unspecified atom stereocenters. The highest BCUT2D eigenvalue weighted by Crippen LogP contribution is 2.47. The minimum atomic E-state index is -3.18. The number of carbonyl (C=O) groups is 1. The number of amides is 2. The van der Waals surface area contributed by atoms with Crippen LogP contribution in [0.5, 0.6) is 0 Å². The number of hydrogen-bond acceptors (Lipinski definition) is 2. The second-order valence-electron chi connectivity index (χ2n) is 6.18. The molecule has 1 aromatic heterocycles. The fourth-order valence-electron chi connectivity index (χ4n) is 3.11. The topological polar surface area (TPSA) is 45.2 Å². The van der Waals surface area contributed by atoms with Gasteiger partial charge < -0.3 is 5.32 Å². The van der Waals surface area contributed by atoms with Gasteiger partial charge in [-0.1, -0.05) is 12.1 Å². The van der Waals surface area contributed by atoms with Gasteiger partial charge in [-0.15, -0.1) is 0 Å². The average molecular weight is 333 g/mol. The van der Waals surface area contributed by atoms with Gasteiger partial charge in [-0.05, 0) is 42.7 Å². The zero-order valence-corrected chi connectivity index (χ0v) is 12.6. The van der Waals surface area contributed by atoms with E-state index in [-0.39, 0.29) is 5.69 Å². The van der Waals surface area contributed by atoms with Gasteiger partial charge in [0.15, 0.2) is 0 Å². The molecule has 4 nitrogen and oxygen atoms in total. The van der Waals surface area contributed by atoms with Crippen LogP contribution in [0.2, 0.25) is 0 Å². The molecule has 2 amide bonds.